The van der Waals surface area contributed by atoms with E-state index in [2.05, 4.69) is 0 Å². The average Bonchev–Trinajstić information content (AvgIpc) is 1.58. The van der Waals surface area contributed by atoms with Gasteiger partial charge in [-0.25, -0.2) is 0 Å². The maximum Gasteiger partial charge on any atom is 0.417 e. The number of aryl methyl sites for hydroxylation is 1. The summed E-state index contributed by atoms with van der Waals surface area (Å²) in [7, 11) is 0. The highest BCUT2D eigenvalue weighted by atomic mass is 19.4. The smallest absolute Gasteiger partial charge is 0.309 e. The number of rotatable bonds is 7. The Hall–Kier alpha value is -10.6. The van der Waals surface area contributed by atoms with Crippen molar-refractivity contribution in [2.24, 2.45) is 0 Å². The van der Waals surface area contributed by atoms with Crippen LogP contribution >= 0.6 is 0 Å². The summed E-state index contributed by atoms with van der Waals surface area (Å²) >= 11 is 0. The van der Waals surface area contributed by atoms with Crippen LogP contribution in [-0.2, 0) is 55.6 Å². The third-order valence-corrected chi connectivity index (χ3v) is 16.8. The molecule has 30 heteroatoms. The third-order valence-electron chi connectivity index (χ3n) is 16.8. The van der Waals surface area contributed by atoms with E-state index in [9.17, 15) is 97.5 Å². The Bertz CT molecular complexity index is 5250. The molecule has 2 heterocycles. The van der Waals surface area contributed by atoms with E-state index < -0.39 is 183 Å². The lowest BCUT2D eigenvalue weighted by molar-refractivity contribution is -0.144. The van der Waals surface area contributed by atoms with Gasteiger partial charge in [0.15, 0.2) is 0 Å². The zero-order valence-corrected chi connectivity index (χ0v) is 49.8. The molecule has 2 aromatic heterocycles. The number of nitriles is 1. The summed E-state index contributed by atoms with van der Waals surface area (Å²) in [5.41, 5.74) is -26.7. The van der Waals surface area contributed by atoms with Gasteiger partial charge >= 0.3 is 55.6 Å². The summed E-state index contributed by atoms with van der Waals surface area (Å²) in [6.45, 7) is 1.31. The fraction of sp³-hybridized carbons (Fsp3) is 0.141. The van der Waals surface area contributed by atoms with Gasteiger partial charge in [0.25, 0.3) is 0 Å². The van der Waals surface area contributed by atoms with E-state index in [4.69, 9.17) is 0 Å². The van der Waals surface area contributed by atoms with Gasteiger partial charge in [-0.1, -0.05) is 60.2 Å². The van der Waals surface area contributed by atoms with Crippen molar-refractivity contribution < 1.29 is 119 Å². The molecule has 0 bridgehead atoms. The second-order valence-corrected chi connectivity index (χ2v) is 23.2. The Morgan fingerprint density at radius 1 is 0.248 bits per heavy atom. The van der Waals surface area contributed by atoms with Crippen molar-refractivity contribution in [3.8, 4) is 73.1 Å². The fourth-order valence-corrected chi connectivity index (χ4v) is 12.4. The van der Waals surface area contributed by atoms with Crippen LogP contribution in [0.5, 0.6) is 0 Å². The summed E-state index contributed by atoms with van der Waals surface area (Å²) < 4.78 is 397. The normalized spacial score (nSPS) is 13.3. The number of benzene rings is 10. The van der Waals surface area contributed by atoms with Gasteiger partial charge in [0.2, 0.25) is 0 Å². The van der Waals surface area contributed by atoms with Crippen LogP contribution in [0, 0.1) is 18.3 Å². The van der Waals surface area contributed by atoms with Gasteiger partial charge in [-0.2, -0.15) is 124 Å². The van der Waals surface area contributed by atoms with Crippen LogP contribution in [0.2, 0.25) is 0 Å². The first-order valence-corrected chi connectivity index (χ1v) is 28.7. The summed E-state index contributed by atoms with van der Waals surface area (Å²) in [6.07, 6.45) is -49.1. The third kappa shape index (κ3) is 13.0. The molecule has 3 nitrogen and oxygen atoms in total. The first kappa shape index (κ1) is 70.3. The lowest BCUT2D eigenvalue weighted by atomic mass is 9.94. The number of hydrogen-bond donors (Lipinski definition) is 0. The topological polar surface area (TPSA) is 33.6 Å². The van der Waals surface area contributed by atoms with Crippen LogP contribution < -0.4 is 0 Å². The highest BCUT2D eigenvalue weighted by molar-refractivity contribution is 6.14. The van der Waals surface area contributed by atoms with Crippen LogP contribution in [0.3, 0.4) is 0 Å². The van der Waals surface area contributed by atoms with E-state index in [0.717, 1.165) is 106 Å². The fourth-order valence-electron chi connectivity index (χ4n) is 12.4. The lowest BCUT2D eigenvalue weighted by Gasteiger charge is -2.21. The number of fused-ring (bicyclic) bond motifs is 6. The van der Waals surface area contributed by atoms with Gasteiger partial charge in [-0.05, 0) is 178 Å². The molecule has 0 fully saturated rings. The molecule has 0 saturated carbocycles. The number of alkyl halides is 27. The summed E-state index contributed by atoms with van der Waals surface area (Å²) in [5.74, 6) is 0. The minimum absolute atomic E-state index is 0.0960. The quantitative estimate of drug-likeness (QED) is 0.146. The van der Waals surface area contributed by atoms with Crippen molar-refractivity contribution in [1.29, 1.82) is 5.26 Å². The molecule has 0 unspecified atom stereocenters. The molecule has 0 aliphatic heterocycles. The molecule has 0 aliphatic carbocycles. The van der Waals surface area contributed by atoms with Gasteiger partial charge in [-0.3, -0.25) is 0 Å². The van der Waals surface area contributed by atoms with E-state index in [-0.39, 0.29) is 92.5 Å². The van der Waals surface area contributed by atoms with Crippen LogP contribution in [0.15, 0.2) is 176 Å². The monoisotopic (exact) mass is 1440 g/mol. The highest BCUT2D eigenvalue weighted by Crippen LogP contribution is 2.51. The lowest BCUT2D eigenvalue weighted by Crippen LogP contribution is -2.12. The predicted octanol–water partition coefficient (Wildman–Crippen LogP) is 25.6. The first-order chi connectivity index (χ1) is 46.6. The van der Waals surface area contributed by atoms with Crippen molar-refractivity contribution in [3.05, 3.63) is 237 Å². The minimum Gasteiger partial charge on any atom is -0.309 e. The Morgan fingerprint density at radius 2 is 0.535 bits per heavy atom. The maximum atomic E-state index is 15.1. The summed E-state index contributed by atoms with van der Waals surface area (Å²) in [4.78, 5) is 0. The van der Waals surface area contributed by atoms with Crippen LogP contribution in [0.25, 0.3) is 111 Å². The summed E-state index contributed by atoms with van der Waals surface area (Å²) in [6, 6.07) is 19.4. The second-order valence-electron chi connectivity index (χ2n) is 23.2. The van der Waals surface area contributed by atoms with E-state index >= 15 is 26.3 Å². The van der Waals surface area contributed by atoms with Crippen LogP contribution in [0.1, 0.15) is 61.2 Å². The number of halogens is 27. The Kier molecular flexibility index (Phi) is 16.4. The molecule has 0 radical (unpaired) electrons. The van der Waals surface area contributed by atoms with Crippen molar-refractivity contribution >= 4 is 43.6 Å². The molecule has 0 atom stereocenters. The summed E-state index contributed by atoms with van der Waals surface area (Å²) in [5, 5.41) is 9.92. The van der Waals surface area contributed by atoms with E-state index in [1.165, 1.54) is 13.0 Å². The molecule has 10 aromatic carbocycles. The maximum absolute atomic E-state index is 15.1. The first-order valence-electron chi connectivity index (χ1n) is 28.7. The van der Waals surface area contributed by atoms with Crippen LogP contribution in [0.4, 0.5) is 119 Å². The standard InChI is InChI=1S/C71H32F27N3/c1-32-2-10-44(53(18-32)68(87,88)89)33-5-16-59-51(21-33)52-24-36(47-13-9-41(65(78,79)80)29-56(47)71(96,97)98)6-17-60(52)101(59)62-25-38(31-99)61(30-48(62)37-19-42(66(81,82)83)26-43(20-37)67(84,85)86)100-57-14-3-34(45-11-7-39(63(72,73)74)27-54(45)69(90,91)92)22-49(57)50-23-35(4-15-58(50)100)46-12-8-40(64(75,76)77)28-55(46)70(93,94)95/h2-30H,1H3. The molecule has 0 N–H and O–H groups in total. The Labute approximate surface area is 547 Å². The van der Waals surface area contributed by atoms with Gasteiger partial charge in [0, 0.05) is 27.1 Å². The minimum atomic E-state index is -5.65. The van der Waals surface area contributed by atoms with E-state index in [1.54, 1.807) is 0 Å². The van der Waals surface area contributed by atoms with E-state index in [0.29, 0.717) is 24.3 Å². The number of hydrogen-bond acceptors (Lipinski definition) is 1. The van der Waals surface area contributed by atoms with Crippen molar-refractivity contribution in [3.63, 3.8) is 0 Å². The second kappa shape index (κ2) is 23.5. The average molecular weight is 1440 g/mol. The SMILES string of the molecule is Cc1ccc(-c2ccc3c(c2)c2cc(-c4ccc(C(F)(F)F)cc4C(F)(F)F)ccc2n3-c2cc(C#N)c(-n3c4ccc(-c5ccc(C(F)(F)F)cc5C(F)(F)F)cc4c4cc(-c5ccc(C(F)(F)F)cc5C(F)(F)F)ccc43)cc2-c2cc(C(F)(F)F)cc(C(F)(F)F)c2)c(C(F)(F)F)c1. The molecule has 0 aliphatic rings. The zero-order chi connectivity index (χ0) is 73.8. The van der Waals surface area contributed by atoms with Crippen molar-refractivity contribution in [1.82, 2.24) is 9.13 Å². The largest absolute Gasteiger partial charge is 0.417 e. The molecule has 520 valence electrons. The molecular weight excluding hydrogens is 1410 g/mol. The molecule has 0 amide bonds. The molecule has 101 heavy (non-hydrogen) atoms. The predicted molar refractivity (Wildman–Crippen MR) is 317 cm³/mol. The van der Waals surface area contributed by atoms with Crippen molar-refractivity contribution in [2.45, 2.75) is 62.5 Å². The van der Waals surface area contributed by atoms with Gasteiger partial charge in [0.05, 0.1) is 89.1 Å². The molecule has 12 rings (SSSR count). The van der Waals surface area contributed by atoms with E-state index in [1.807, 2.05) is 6.07 Å². The number of nitrogens with zero attached hydrogens (tertiary/aromatic N) is 3. The van der Waals surface area contributed by atoms with Crippen molar-refractivity contribution in [2.75, 3.05) is 0 Å². The Balaban J connectivity index is 1.22. The molecule has 0 saturated heterocycles. The van der Waals surface area contributed by atoms with Gasteiger partial charge < -0.3 is 9.13 Å². The number of aromatic nitrogens is 2. The molecule has 0 spiro atoms. The van der Waals surface area contributed by atoms with Crippen LogP contribution in [-0.4, -0.2) is 9.13 Å². The van der Waals surface area contributed by atoms with Gasteiger partial charge in [0.1, 0.15) is 6.07 Å². The van der Waals surface area contributed by atoms with Gasteiger partial charge in [-0.15, -0.1) is 0 Å². The molecular formula is C71H32F27N3. The highest BCUT2D eigenvalue weighted by Gasteiger charge is 2.44. The zero-order valence-electron chi connectivity index (χ0n) is 49.8. The molecule has 12 aromatic rings. The Morgan fingerprint density at radius 3 is 0.822 bits per heavy atom.